The van der Waals surface area contributed by atoms with E-state index in [0.717, 1.165) is 44.7 Å². The number of hydrogen-bond acceptors (Lipinski definition) is 9. The Morgan fingerprint density at radius 1 is 0.600 bits per heavy atom. The van der Waals surface area contributed by atoms with E-state index in [4.69, 9.17) is 14.9 Å². The van der Waals surface area contributed by atoms with Crippen molar-refractivity contribution in [2.24, 2.45) is 0 Å². The van der Waals surface area contributed by atoms with Gasteiger partial charge in [0.05, 0.1) is 34.8 Å². The molecule has 0 spiro atoms. The van der Waals surface area contributed by atoms with Gasteiger partial charge in [-0.25, -0.2) is 18.7 Å². The number of aliphatic hydroxyl groups is 3. The fraction of sp³-hybridized carbons (Fsp3) is 0.200. The van der Waals surface area contributed by atoms with Crippen molar-refractivity contribution in [3.63, 3.8) is 0 Å². The Balaban J connectivity index is 0.000000392. The molecular formula is C45H51F2LiN6O6. The number of halogens is 2. The predicted molar refractivity (Wildman–Crippen MR) is 225 cm³/mol. The van der Waals surface area contributed by atoms with Crippen LogP contribution in [0.15, 0.2) is 134 Å². The van der Waals surface area contributed by atoms with Gasteiger partial charge in [-0.3, -0.25) is 18.8 Å². The van der Waals surface area contributed by atoms with Gasteiger partial charge in [0.25, 0.3) is 0 Å². The van der Waals surface area contributed by atoms with Gasteiger partial charge in [0, 0.05) is 42.5 Å². The molecule has 2 aromatic carbocycles. The van der Waals surface area contributed by atoms with Crippen molar-refractivity contribution >= 4 is 11.0 Å². The summed E-state index contributed by atoms with van der Waals surface area (Å²) >= 11 is 0. The van der Waals surface area contributed by atoms with Crippen LogP contribution in [-0.4, -0.2) is 61.6 Å². The molecule has 60 heavy (non-hydrogen) atoms. The summed E-state index contributed by atoms with van der Waals surface area (Å²) in [4.78, 5) is 16.6. The second-order valence-corrected chi connectivity index (χ2v) is 12.7. The predicted octanol–water partition coefficient (Wildman–Crippen LogP) is 5.33. The number of pyridine rings is 4. The van der Waals surface area contributed by atoms with Crippen LogP contribution < -0.4 is 18.9 Å². The molecule has 12 nitrogen and oxygen atoms in total. The number of aromatic nitrogens is 6. The maximum Gasteiger partial charge on any atom is 1.00 e. The van der Waals surface area contributed by atoms with Crippen LogP contribution in [0.25, 0.3) is 33.5 Å². The monoisotopic (exact) mass is 816 g/mol. The standard InChI is InChI=1S/2C13H12FN.C10H12N2O2.C8H8N2O2.CH4.Li.2H2O/c2*1-9-4-3-7-15-13(9)11-5-6-12(14)10(2)8-11;1-2-14-10(13)9-11-7-8-5-3-4-6-12(8)9;11-8(12)7-9-5-6-3-1-2-4-10(6)7;;;;/h2*3-8H,1-2H3;3-7,10,13H,2H2,1H3;1-5,8,11-12H;1H4;;2*1H2/q;;;;;+1;;/p-1/t;;10-;;;;;/m..0...../s1. The van der Waals surface area contributed by atoms with E-state index in [2.05, 4.69) is 19.9 Å². The molecule has 6 heterocycles. The van der Waals surface area contributed by atoms with E-state index in [1.807, 2.05) is 93.7 Å². The fourth-order valence-corrected chi connectivity index (χ4v) is 5.70. The van der Waals surface area contributed by atoms with Crippen molar-refractivity contribution in [3.05, 3.63) is 180 Å². The quantitative estimate of drug-likeness (QED) is 0.147. The molecule has 312 valence electrons. The molecule has 0 aliphatic carbocycles. The van der Waals surface area contributed by atoms with Crippen molar-refractivity contribution in [1.82, 2.24) is 28.7 Å². The summed E-state index contributed by atoms with van der Waals surface area (Å²) in [6, 6.07) is 29.2. The average molecular weight is 817 g/mol. The zero-order chi connectivity index (χ0) is 40.2. The van der Waals surface area contributed by atoms with Crippen LogP contribution in [0.3, 0.4) is 0 Å². The Morgan fingerprint density at radius 3 is 1.43 bits per heavy atom. The summed E-state index contributed by atoms with van der Waals surface area (Å²) in [5, 5.41) is 27.4. The normalized spacial score (nSPS) is 10.5. The summed E-state index contributed by atoms with van der Waals surface area (Å²) in [6.07, 6.45) is 7.91. The summed E-state index contributed by atoms with van der Waals surface area (Å²) in [5.41, 5.74) is 9.06. The van der Waals surface area contributed by atoms with Crippen molar-refractivity contribution in [3.8, 4) is 22.5 Å². The maximum atomic E-state index is 13.1. The zero-order valence-electron chi connectivity index (χ0n) is 33.7. The maximum absolute atomic E-state index is 13.1. The van der Waals surface area contributed by atoms with Gasteiger partial charge in [0.15, 0.2) is 11.6 Å². The van der Waals surface area contributed by atoms with Crippen molar-refractivity contribution < 1.29 is 58.7 Å². The van der Waals surface area contributed by atoms with E-state index in [-0.39, 0.29) is 54.7 Å². The SMILES string of the molecule is C.CCO[C@H](O)c1ncc2ccccn12.Cc1cc(-c2ncccc2C)ccc1F.Cc1cc(-c2ncccc2C)ccc1F.O.OC(O)c1ncc2ccccn12.[Li+].[OH-]. The molecule has 0 unspecified atom stereocenters. The molecular weight excluding hydrogens is 765 g/mol. The molecule has 6 aromatic heterocycles. The molecule has 8 rings (SSSR count). The van der Waals surface area contributed by atoms with Gasteiger partial charge >= 0.3 is 18.9 Å². The smallest absolute Gasteiger partial charge is 0.870 e. The Morgan fingerprint density at radius 2 is 1.03 bits per heavy atom. The second-order valence-electron chi connectivity index (χ2n) is 12.7. The molecule has 6 N–H and O–H groups in total. The van der Waals surface area contributed by atoms with E-state index in [0.29, 0.717) is 23.6 Å². The Bertz CT molecular complexity index is 2420. The molecule has 0 saturated heterocycles. The number of benzene rings is 2. The summed E-state index contributed by atoms with van der Waals surface area (Å²) in [6.45, 7) is 9.82. The number of aryl methyl sites for hydroxylation is 4. The van der Waals surface area contributed by atoms with Crippen LogP contribution in [0, 0.1) is 39.3 Å². The molecule has 0 aliphatic rings. The van der Waals surface area contributed by atoms with Gasteiger partial charge in [-0.05, 0) is 130 Å². The zero-order valence-corrected chi connectivity index (χ0v) is 33.7. The van der Waals surface area contributed by atoms with Crippen LogP contribution in [0.5, 0.6) is 0 Å². The van der Waals surface area contributed by atoms with Gasteiger partial charge in [-0.2, -0.15) is 0 Å². The van der Waals surface area contributed by atoms with Crippen LogP contribution in [0.2, 0.25) is 0 Å². The number of nitrogens with zero attached hydrogens (tertiary/aromatic N) is 6. The Hall–Kier alpha value is -5.66. The first-order chi connectivity index (χ1) is 27.0. The Labute approximate surface area is 360 Å². The number of aliphatic hydroxyl groups excluding tert-OH is 2. The van der Waals surface area contributed by atoms with Gasteiger partial charge in [-0.15, -0.1) is 0 Å². The molecule has 0 bridgehead atoms. The molecule has 0 amide bonds. The van der Waals surface area contributed by atoms with Gasteiger partial charge < -0.3 is 31.0 Å². The van der Waals surface area contributed by atoms with Crippen LogP contribution in [0.4, 0.5) is 8.78 Å². The minimum absolute atomic E-state index is 0. The molecule has 1 atom stereocenters. The summed E-state index contributed by atoms with van der Waals surface area (Å²) in [7, 11) is 0. The molecule has 0 radical (unpaired) electrons. The third-order valence-electron chi connectivity index (χ3n) is 8.59. The largest absolute Gasteiger partial charge is 1.00 e. The number of hydrogen-bond donors (Lipinski definition) is 3. The van der Waals surface area contributed by atoms with E-state index in [1.165, 1.54) is 12.1 Å². The second kappa shape index (κ2) is 25.1. The van der Waals surface area contributed by atoms with Crippen molar-refractivity contribution in [1.29, 1.82) is 0 Å². The first-order valence-electron chi connectivity index (χ1n) is 17.8. The van der Waals surface area contributed by atoms with Gasteiger partial charge in [0.1, 0.15) is 11.6 Å². The first kappa shape index (κ1) is 52.4. The van der Waals surface area contributed by atoms with Gasteiger partial charge in [-0.1, -0.05) is 31.7 Å². The van der Waals surface area contributed by atoms with E-state index in [9.17, 15) is 13.9 Å². The van der Waals surface area contributed by atoms with Crippen molar-refractivity contribution in [2.45, 2.75) is 54.6 Å². The van der Waals surface area contributed by atoms with Crippen molar-refractivity contribution in [2.75, 3.05) is 6.61 Å². The number of rotatable bonds is 6. The van der Waals surface area contributed by atoms with Crippen LogP contribution in [0.1, 0.15) is 60.8 Å². The van der Waals surface area contributed by atoms with Crippen LogP contribution >= 0.6 is 0 Å². The third kappa shape index (κ3) is 13.4. The topological polar surface area (TPSA) is 192 Å². The molecule has 8 aromatic rings. The molecule has 0 saturated carbocycles. The fourth-order valence-electron chi connectivity index (χ4n) is 5.70. The van der Waals surface area contributed by atoms with E-state index >= 15 is 0 Å². The molecule has 0 aliphatic heterocycles. The number of imidazole rings is 2. The number of fused-ring (bicyclic) bond motifs is 2. The minimum Gasteiger partial charge on any atom is -0.870 e. The average Bonchev–Trinajstić information content (AvgIpc) is 3.84. The third-order valence-corrected chi connectivity index (χ3v) is 8.59. The molecule has 0 fully saturated rings. The van der Waals surface area contributed by atoms with Crippen LogP contribution in [-0.2, 0) is 4.74 Å². The molecule has 15 heteroatoms. The summed E-state index contributed by atoms with van der Waals surface area (Å²) < 4.78 is 34.7. The summed E-state index contributed by atoms with van der Waals surface area (Å²) in [5.74, 6) is 0.410. The van der Waals surface area contributed by atoms with Gasteiger partial charge in [0.2, 0.25) is 12.6 Å². The minimum atomic E-state index is -1.52. The first-order valence-corrected chi connectivity index (χ1v) is 17.8. The number of ether oxygens (including phenoxy) is 1. The van der Waals surface area contributed by atoms with E-state index in [1.54, 1.807) is 71.8 Å². The van der Waals surface area contributed by atoms with E-state index < -0.39 is 12.6 Å². The Kier molecular flexibility index (Phi) is 21.9.